The van der Waals surface area contributed by atoms with Crippen LogP contribution in [0.5, 0.6) is 0 Å². The molecule has 0 aromatic rings. The molecule has 420 valence electrons. The Labute approximate surface area is 439 Å². The minimum Gasteiger partial charge on any atom is -0.457 e. The van der Waals surface area contributed by atoms with Crippen molar-refractivity contribution < 1.29 is 56.2 Å². The van der Waals surface area contributed by atoms with E-state index in [2.05, 4.69) is 78.8 Å². The molecule has 0 bridgehead atoms. The molecular weight excluding hydrogens is 933 g/mol. The predicted octanol–water partition coefficient (Wildman–Crippen LogP) is 14.4. The zero-order valence-corrected chi connectivity index (χ0v) is 46.3. The molecule has 1 aliphatic heterocycles. The second-order valence-corrected chi connectivity index (χ2v) is 20.9. The first-order chi connectivity index (χ1) is 35.1. The molecule has 0 spiro atoms. The summed E-state index contributed by atoms with van der Waals surface area (Å²) in [5.41, 5.74) is 0. The smallest absolute Gasteiger partial charge is 0.397 e. The van der Waals surface area contributed by atoms with Gasteiger partial charge in [-0.3, -0.25) is 9.35 Å². The number of hydrogen-bond donors (Lipinski definition) is 4. The van der Waals surface area contributed by atoms with Crippen molar-refractivity contribution in [2.75, 3.05) is 26.4 Å². The second kappa shape index (κ2) is 49.7. The fourth-order valence-electron chi connectivity index (χ4n) is 8.78. The van der Waals surface area contributed by atoms with Crippen molar-refractivity contribution in [3.05, 3.63) is 60.8 Å². The molecule has 0 amide bonds. The van der Waals surface area contributed by atoms with Crippen LogP contribution in [-0.4, -0.2) is 97.5 Å². The first-order valence-corrected chi connectivity index (χ1v) is 30.4. The van der Waals surface area contributed by atoms with Crippen LogP contribution in [0.1, 0.15) is 245 Å². The molecule has 0 aromatic carbocycles. The van der Waals surface area contributed by atoms with Crippen LogP contribution >= 0.6 is 0 Å². The Hall–Kier alpha value is -2.20. The van der Waals surface area contributed by atoms with Crippen molar-refractivity contribution in [1.29, 1.82) is 0 Å². The largest absolute Gasteiger partial charge is 0.457 e. The molecule has 0 aromatic heterocycles. The lowest BCUT2D eigenvalue weighted by molar-refractivity contribution is -0.301. The highest BCUT2D eigenvalue weighted by Crippen LogP contribution is 2.26. The fraction of sp³-hybridized carbons (Fsp3) is 0.814. The summed E-state index contributed by atoms with van der Waals surface area (Å²) >= 11 is 0. The molecule has 1 aliphatic rings. The second-order valence-electron chi connectivity index (χ2n) is 19.8. The van der Waals surface area contributed by atoms with Crippen LogP contribution in [-0.2, 0) is 38.3 Å². The van der Waals surface area contributed by atoms with Gasteiger partial charge in [-0.25, -0.2) is 4.18 Å². The Morgan fingerprint density at radius 1 is 0.542 bits per heavy atom. The van der Waals surface area contributed by atoms with Crippen molar-refractivity contribution in [1.82, 2.24) is 0 Å². The zero-order valence-electron chi connectivity index (χ0n) is 45.5. The summed E-state index contributed by atoms with van der Waals surface area (Å²) in [5.74, 6) is -0.406. The van der Waals surface area contributed by atoms with Gasteiger partial charge in [-0.1, -0.05) is 222 Å². The molecular formula is C59H106O12S. The highest BCUT2D eigenvalue weighted by Gasteiger charge is 2.48. The molecule has 1 rings (SSSR count). The van der Waals surface area contributed by atoms with Gasteiger partial charge >= 0.3 is 16.4 Å². The van der Waals surface area contributed by atoms with E-state index in [9.17, 15) is 33.1 Å². The van der Waals surface area contributed by atoms with Crippen molar-refractivity contribution in [2.24, 2.45) is 0 Å². The maximum absolute atomic E-state index is 13.0. The van der Waals surface area contributed by atoms with Gasteiger partial charge in [0.25, 0.3) is 0 Å². The highest BCUT2D eigenvalue weighted by molar-refractivity contribution is 7.80. The van der Waals surface area contributed by atoms with Crippen LogP contribution in [0.2, 0.25) is 0 Å². The van der Waals surface area contributed by atoms with E-state index in [-0.39, 0.29) is 19.6 Å². The molecule has 1 heterocycles. The van der Waals surface area contributed by atoms with Crippen LogP contribution < -0.4 is 0 Å². The van der Waals surface area contributed by atoms with Gasteiger partial charge in [0.1, 0.15) is 30.5 Å². The van der Waals surface area contributed by atoms with E-state index >= 15 is 0 Å². The molecule has 6 unspecified atom stereocenters. The van der Waals surface area contributed by atoms with E-state index in [1.165, 1.54) is 148 Å². The number of ether oxygens (including phenoxy) is 4. The molecule has 72 heavy (non-hydrogen) atoms. The monoisotopic (exact) mass is 1040 g/mol. The van der Waals surface area contributed by atoms with Gasteiger partial charge in [-0.15, -0.1) is 0 Å². The van der Waals surface area contributed by atoms with Gasteiger partial charge in [0, 0.05) is 13.0 Å². The number of rotatable bonds is 51. The maximum Gasteiger partial charge on any atom is 0.397 e. The van der Waals surface area contributed by atoms with E-state index in [1.807, 2.05) is 0 Å². The summed E-state index contributed by atoms with van der Waals surface area (Å²) in [6.07, 6.45) is 55.4. The van der Waals surface area contributed by atoms with Crippen LogP contribution in [0.3, 0.4) is 0 Å². The third-order valence-corrected chi connectivity index (χ3v) is 13.6. The number of aliphatic hydroxyl groups excluding tert-OH is 3. The standard InChI is InChI=1S/C59H106O12S/c1-3-5-7-9-11-13-15-17-19-21-23-25-26-27-29-31-33-35-37-39-41-43-45-47-49-67-51-53(52-68-59-57(63)58(71-72(64,65)66)56(62)54(50-60)70-59)69-55(61)48-46-44-42-40-38-36-34-32-30-28-24-22-20-18-16-14-12-10-8-6-4-2/h6,8,12,14,18,20-21,23-24,28,53-54,56-60,62-63H,3-5,7,9-11,13,15-17,19,22,25-27,29-52H2,1-2H3,(H,64,65,66)/b8-6-,14-12-,20-18-,23-21-,28-24-. The van der Waals surface area contributed by atoms with E-state index in [0.717, 1.165) is 70.6 Å². The molecule has 0 aliphatic carbocycles. The normalized spacial score (nSPS) is 19.3. The van der Waals surface area contributed by atoms with Gasteiger partial charge in [0.15, 0.2) is 6.29 Å². The molecule has 0 saturated carbocycles. The number of esters is 1. The van der Waals surface area contributed by atoms with E-state index in [0.29, 0.717) is 13.0 Å². The maximum atomic E-state index is 13.0. The summed E-state index contributed by atoms with van der Waals surface area (Å²) in [5, 5.41) is 30.8. The highest BCUT2D eigenvalue weighted by atomic mass is 32.3. The average Bonchev–Trinajstić information content (AvgIpc) is 3.36. The third-order valence-electron chi connectivity index (χ3n) is 13.1. The van der Waals surface area contributed by atoms with E-state index in [4.69, 9.17) is 18.9 Å². The number of aliphatic hydroxyl groups is 3. The molecule has 1 saturated heterocycles. The van der Waals surface area contributed by atoms with Crippen molar-refractivity contribution in [3.8, 4) is 0 Å². The van der Waals surface area contributed by atoms with Crippen molar-refractivity contribution in [2.45, 2.75) is 282 Å². The molecule has 4 N–H and O–H groups in total. The molecule has 0 radical (unpaired) electrons. The van der Waals surface area contributed by atoms with Gasteiger partial charge in [0.2, 0.25) is 0 Å². The molecule has 6 atom stereocenters. The number of carbonyl (C=O) groups is 1. The average molecular weight is 1040 g/mol. The zero-order chi connectivity index (χ0) is 52.4. The number of hydrogen-bond acceptors (Lipinski definition) is 11. The van der Waals surface area contributed by atoms with Crippen molar-refractivity contribution in [3.63, 3.8) is 0 Å². The first kappa shape index (κ1) is 67.8. The Bertz CT molecular complexity index is 1480. The fourth-order valence-corrected chi connectivity index (χ4v) is 9.29. The van der Waals surface area contributed by atoms with E-state index < -0.39 is 59.8 Å². The lowest BCUT2D eigenvalue weighted by atomic mass is 9.99. The predicted molar refractivity (Wildman–Crippen MR) is 294 cm³/mol. The topological polar surface area (TPSA) is 178 Å². The number of unbranched alkanes of at least 4 members (excludes halogenated alkanes) is 28. The van der Waals surface area contributed by atoms with Crippen LogP contribution in [0, 0.1) is 0 Å². The lowest BCUT2D eigenvalue weighted by Crippen LogP contribution is -2.60. The number of allylic oxidation sites excluding steroid dienone is 10. The molecule has 13 heteroatoms. The first-order valence-electron chi connectivity index (χ1n) is 29.0. The van der Waals surface area contributed by atoms with Crippen LogP contribution in [0.25, 0.3) is 0 Å². The van der Waals surface area contributed by atoms with E-state index in [1.54, 1.807) is 0 Å². The third kappa shape index (κ3) is 42.1. The van der Waals surface area contributed by atoms with Crippen LogP contribution in [0.4, 0.5) is 0 Å². The van der Waals surface area contributed by atoms with Gasteiger partial charge in [0.05, 0.1) is 19.8 Å². The Morgan fingerprint density at radius 2 is 0.958 bits per heavy atom. The summed E-state index contributed by atoms with van der Waals surface area (Å²) in [7, 11) is -5.07. The number of carbonyl (C=O) groups excluding carboxylic acids is 1. The SMILES string of the molecule is CC/C=C\C/C=C\C/C=C\C/C=C\CCCCCCCCCCC(=O)OC(COCCCCCCCCCCCCCC/C=C\CCCCCCCCCC)COC1OC(CO)C(O)C(OS(=O)(=O)O)C1O. The summed E-state index contributed by atoms with van der Waals surface area (Å²) in [6.45, 7) is 3.90. The summed E-state index contributed by atoms with van der Waals surface area (Å²) in [4.78, 5) is 13.0. The van der Waals surface area contributed by atoms with Crippen molar-refractivity contribution >= 4 is 16.4 Å². The Morgan fingerprint density at radius 3 is 1.42 bits per heavy atom. The van der Waals surface area contributed by atoms with Gasteiger partial charge in [-0.2, -0.15) is 8.42 Å². The minimum atomic E-state index is -5.07. The van der Waals surface area contributed by atoms with Gasteiger partial charge in [-0.05, 0) is 77.0 Å². The summed E-state index contributed by atoms with van der Waals surface area (Å²) < 4.78 is 59.4. The molecule has 12 nitrogen and oxygen atoms in total. The minimum absolute atomic E-state index is 0.0316. The lowest BCUT2D eigenvalue weighted by Gasteiger charge is -2.41. The van der Waals surface area contributed by atoms with Gasteiger partial charge < -0.3 is 34.3 Å². The Kier molecular flexibility index (Phi) is 46.8. The summed E-state index contributed by atoms with van der Waals surface area (Å²) in [6, 6.07) is 0. The quantitative estimate of drug-likeness (QED) is 0.0196. The molecule has 1 fully saturated rings. The van der Waals surface area contributed by atoms with Crippen LogP contribution in [0.15, 0.2) is 60.8 Å². The Balaban J connectivity index is 2.30.